The quantitative estimate of drug-likeness (QED) is 0.324. The maximum atomic E-state index is 14.3. The summed E-state index contributed by atoms with van der Waals surface area (Å²) < 4.78 is 39.8. The monoisotopic (exact) mass is 530 g/mol. The fourth-order valence-corrected chi connectivity index (χ4v) is 5.07. The molecule has 9 heteroatoms. The molecule has 3 aromatic carbocycles. The van der Waals surface area contributed by atoms with Crippen LogP contribution in [0.25, 0.3) is 33.2 Å². The van der Waals surface area contributed by atoms with Crippen molar-refractivity contribution in [3.05, 3.63) is 78.0 Å². The van der Waals surface area contributed by atoms with Crippen molar-refractivity contribution in [1.82, 2.24) is 4.98 Å². The highest BCUT2D eigenvalue weighted by Gasteiger charge is 2.30. The molecule has 0 bridgehead atoms. The zero-order chi connectivity index (χ0) is 27.5. The Kier molecular flexibility index (Phi) is 7.70. The zero-order valence-electron chi connectivity index (χ0n) is 21.4. The summed E-state index contributed by atoms with van der Waals surface area (Å²) in [5.74, 6) is -1.50. The van der Waals surface area contributed by atoms with E-state index in [2.05, 4.69) is 9.88 Å². The van der Waals surface area contributed by atoms with E-state index in [1.807, 2.05) is 24.3 Å². The minimum Gasteiger partial charge on any atom is -0.506 e. The highest BCUT2D eigenvalue weighted by molar-refractivity contribution is 6.02. The number of methoxy groups -OCH3 is 1. The van der Waals surface area contributed by atoms with Crippen molar-refractivity contribution >= 4 is 16.6 Å². The molecule has 2 heterocycles. The number of nitrogens with zero attached hydrogens (tertiary/aromatic N) is 3. The second-order valence-electron chi connectivity index (χ2n) is 9.52. The molecule has 0 amide bonds. The number of anilines is 1. The van der Waals surface area contributed by atoms with Crippen LogP contribution in [0.5, 0.6) is 5.75 Å². The summed E-state index contributed by atoms with van der Waals surface area (Å²) in [5.41, 5.74) is 10.0. The van der Waals surface area contributed by atoms with Gasteiger partial charge in [0.05, 0.1) is 36.1 Å². The topological polar surface area (TPSA) is 105 Å². The molecule has 3 N–H and O–H groups in total. The van der Waals surface area contributed by atoms with Gasteiger partial charge in [0.1, 0.15) is 23.5 Å². The smallest absolute Gasteiger partial charge is 0.141 e. The zero-order valence-corrected chi connectivity index (χ0v) is 21.4. The van der Waals surface area contributed by atoms with E-state index in [4.69, 9.17) is 15.2 Å². The summed E-state index contributed by atoms with van der Waals surface area (Å²) in [6.45, 7) is 1.87. The van der Waals surface area contributed by atoms with E-state index in [-0.39, 0.29) is 23.5 Å². The number of aromatic hydroxyl groups is 1. The predicted molar refractivity (Wildman–Crippen MR) is 145 cm³/mol. The third-order valence-corrected chi connectivity index (χ3v) is 7.03. The number of halogens is 2. The van der Waals surface area contributed by atoms with Gasteiger partial charge >= 0.3 is 0 Å². The second kappa shape index (κ2) is 11.3. The third-order valence-electron chi connectivity index (χ3n) is 7.03. The molecule has 1 saturated heterocycles. The van der Waals surface area contributed by atoms with Gasteiger partial charge in [0, 0.05) is 55.0 Å². The molecule has 7 nitrogen and oxygen atoms in total. The molecule has 2 atom stereocenters. The van der Waals surface area contributed by atoms with E-state index < -0.39 is 11.6 Å². The molecule has 0 unspecified atom stereocenters. The Hall–Kier alpha value is -4.10. The van der Waals surface area contributed by atoms with Crippen molar-refractivity contribution in [3.8, 4) is 34.1 Å². The number of nitrogens with two attached hydrogens (primary N) is 1. The van der Waals surface area contributed by atoms with Gasteiger partial charge in [-0.3, -0.25) is 4.98 Å². The lowest BCUT2D eigenvalue weighted by Gasteiger charge is -2.39. The van der Waals surface area contributed by atoms with Crippen molar-refractivity contribution in [3.63, 3.8) is 0 Å². The van der Waals surface area contributed by atoms with Crippen LogP contribution < -0.4 is 10.6 Å². The summed E-state index contributed by atoms with van der Waals surface area (Å²) >= 11 is 0. The molecule has 0 spiro atoms. The lowest BCUT2D eigenvalue weighted by molar-refractivity contribution is 0.00169. The van der Waals surface area contributed by atoms with Gasteiger partial charge in [-0.1, -0.05) is 18.2 Å². The minimum atomic E-state index is -0.690. The largest absolute Gasteiger partial charge is 0.506 e. The Balaban J connectivity index is 1.69. The van der Waals surface area contributed by atoms with Gasteiger partial charge in [-0.05, 0) is 47.9 Å². The van der Waals surface area contributed by atoms with Crippen LogP contribution >= 0.6 is 0 Å². The number of nitriles is 1. The predicted octanol–water partition coefficient (Wildman–Crippen LogP) is 4.99. The van der Waals surface area contributed by atoms with Crippen molar-refractivity contribution in [2.75, 3.05) is 38.3 Å². The third kappa shape index (κ3) is 5.40. The molecular weight excluding hydrogens is 502 g/mol. The number of para-hydroxylation sites is 1. The number of ether oxygens (including phenoxy) is 2. The standard InChI is InChI=1S/C30H28F2N4O3/c1-38-9-10-39-28-17-36(8-7-26(28)34)29-24-13-18(23-4-2-3-19(15-33)30(23)37)5-6-27(24)35-16-25(29)20-11-21(31)14-22(32)12-20/h2-6,11-14,16,26,28,37H,7-10,17,34H2,1H3/t26-,28-/m1/s1. The van der Waals surface area contributed by atoms with E-state index in [1.165, 1.54) is 12.1 Å². The number of hydrogen-bond donors (Lipinski definition) is 2. The minimum absolute atomic E-state index is 0.118. The van der Waals surface area contributed by atoms with Gasteiger partial charge in [0.25, 0.3) is 0 Å². The van der Waals surface area contributed by atoms with Gasteiger partial charge in [0.15, 0.2) is 0 Å². The number of fused-ring (bicyclic) bond motifs is 1. The van der Waals surface area contributed by atoms with Gasteiger partial charge < -0.3 is 25.2 Å². The van der Waals surface area contributed by atoms with Crippen LogP contribution in [-0.2, 0) is 9.47 Å². The Morgan fingerprint density at radius 1 is 1.08 bits per heavy atom. The van der Waals surface area contributed by atoms with Gasteiger partial charge in [-0.15, -0.1) is 0 Å². The Morgan fingerprint density at radius 3 is 2.62 bits per heavy atom. The molecule has 1 aromatic heterocycles. The van der Waals surface area contributed by atoms with E-state index in [0.717, 1.165) is 17.1 Å². The van der Waals surface area contributed by atoms with E-state index in [0.29, 0.717) is 60.5 Å². The number of rotatable bonds is 7. The fraction of sp³-hybridized carbons (Fsp3) is 0.267. The number of aromatic nitrogens is 1. The van der Waals surface area contributed by atoms with Gasteiger partial charge in [-0.2, -0.15) is 5.26 Å². The first kappa shape index (κ1) is 26.5. The molecule has 39 heavy (non-hydrogen) atoms. The Labute approximate surface area is 225 Å². The molecule has 1 aliphatic heterocycles. The average Bonchev–Trinajstić information content (AvgIpc) is 2.93. The molecule has 0 saturated carbocycles. The first-order valence-corrected chi connectivity index (χ1v) is 12.6. The van der Waals surface area contributed by atoms with Crippen LogP contribution in [0.2, 0.25) is 0 Å². The van der Waals surface area contributed by atoms with Crippen LogP contribution in [-0.4, -0.2) is 55.6 Å². The first-order valence-electron chi connectivity index (χ1n) is 12.6. The summed E-state index contributed by atoms with van der Waals surface area (Å²) in [5, 5.41) is 20.8. The maximum absolute atomic E-state index is 14.3. The summed E-state index contributed by atoms with van der Waals surface area (Å²) in [4.78, 5) is 6.71. The summed E-state index contributed by atoms with van der Waals surface area (Å²) in [6, 6.07) is 15.7. The Bertz CT molecular complexity index is 1540. The van der Waals surface area contributed by atoms with Crippen molar-refractivity contribution in [2.24, 2.45) is 5.73 Å². The van der Waals surface area contributed by atoms with Gasteiger partial charge in [-0.25, -0.2) is 8.78 Å². The van der Waals surface area contributed by atoms with Crippen LogP contribution in [0.3, 0.4) is 0 Å². The molecule has 5 rings (SSSR count). The van der Waals surface area contributed by atoms with E-state index in [1.54, 1.807) is 31.5 Å². The normalized spacial score (nSPS) is 17.4. The van der Waals surface area contributed by atoms with Crippen LogP contribution in [0, 0.1) is 23.0 Å². The van der Waals surface area contributed by atoms with E-state index >= 15 is 0 Å². The van der Waals surface area contributed by atoms with Gasteiger partial charge in [0.2, 0.25) is 0 Å². The molecule has 1 fully saturated rings. The average molecular weight is 531 g/mol. The molecule has 4 aromatic rings. The Morgan fingerprint density at radius 2 is 1.87 bits per heavy atom. The summed E-state index contributed by atoms with van der Waals surface area (Å²) in [7, 11) is 1.60. The highest BCUT2D eigenvalue weighted by Crippen LogP contribution is 2.41. The van der Waals surface area contributed by atoms with Crippen molar-refractivity contribution < 1.29 is 23.4 Å². The molecule has 0 aliphatic carbocycles. The number of phenols is 1. The lowest BCUT2D eigenvalue weighted by Crippen LogP contribution is -2.52. The van der Waals surface area contributed by atoms with Crippen LogP contribution in [0.15, 0.2) is 60.8 Å². The highest BCUT2D eigenvalue weighted by atomic mass is 19.1. The van der Waals surface area contributed by atoms with Crippen LogP contribution in [0.1, 0.15) is 12.0 Å². The molecule has 1 aliphatic rings. The van der Waals surface area contributed by atoms with Crippen molar-refractivity contribution in [1.29, 1.82) is 5.26 Å². The second-order valence-corrected chi connectivity index (χ2v) is 9.52. The number of pyridine rings is 1. The SMILES string of the molecule is COCCO[C@@H]1CN(c2c(-c3cc(F)cc(F)c3)cnc3ccc(-c4cccc(C#N)c4O)cc23)CC[C@H]1N. The molecule has 200 valence electrons. The number of phenolic OH excluding ortho intramolecular Hbond substituents is 1. The number of benzene rings is 3. The fourth-order valence-electron chi connectivity index (χ4n) is 5.07. The van der Waals surface area contributed by atoms with Crippen LogP contribution in [0.4, 0.5) is 14.5 Å². The molecule has 0 radical (unpaired) electrons. The lowest BCUT2D eigenvalue weighted by atomic mass is 9.94. The number of hydrogen-bond acceptors (Lipinski definition) is 7. The summed E-state index contributed by atoms with van der Waals surface area (Å²) in [6.07, 6.45) is 1.98. The molecular formula is C30H28F2N4O3. The number of piperidine rings is 1. The first-order chi connectivity index (χ1) is 18.9. The van der Waals surface area contributed by atoms with Crippen molar-refractivity contribution in [2.45, 2.75) is 18.6 Å². The maximum Gasteiger partial charge on any atom is 0.141 e. The van der Waals surface area contributed by atoms with E-state index in [9.17, 15) is 19.1 Å².